The highest BCUT2D eigenvalue weighted by atomic mass is 16.8. The largest absolute Gasteiger partial charge is 0.394 e. The molecule has 10 N–H and O–H groups in total. The highest BCUT2D eigenvalue weighted by molar-refractivity contribution is 5.26. The first kappa shape index (κ1) is 46.1. The fraction of sp³-hybridized carbons (Fsp3) is 0.955. The van der Waals surface area contributed by atoms with Crippen LogP contribution in [0.1, 0.15) is 85.5 Å². The molecule has 5 aliphatic heterocycles. The van der Waals surface area contributed by atoms with Crippen molar-refractivity contribution in [2.45, 2.75) is 196 Å². The van der Waals surface area contributed by atoms with Crippen molar-refractivity contribution in [2.24, 2.45) is 46.3 Å². The van der Waals surface area contributed by atoms with Gasteiger partial charge >= 0.3 is 0 Å². The molecule has 5 saturated heterocycles. The molecule has 1 spiro atoms. The van der Waals surface area contributed by atoms with E-state index in [4.69, 9.17) is 37.9 Å². The van der Waals surface area contributed by atoms with Crippen molar-refractivity contribution < 1.29 is 89.0 Å². The number of aliphatic hydroxyl groups excluding tert-OH is 10. The normalized spacial score (nSPS) is 57.6. The Morgan fingerprint density at radius 3 is 2.05 bits per heavy atom. The first-order valence-corrected chi connectivity index (χ1v) is 23.0. The summed E-state index contributed by atoms with van der Waals surface area (Å²) >= 11 is 0. The number of hydrogen-bond donors (Lipinski definition) is 10. The van der Waals surface area contributed by atoms with E-state index in [1.165, 1.54) is 5.57 Å². The molecule has 4 aliphatic carbocycles. The van der Waals surface area contributed by atoms with Crippen molar-refractivity contribution in [1.82, 2.24) is 0 Å². The van der Waals surface area contributed by atoms with E-state index in [1.807, 2.05) is 0 Å². The zero-order valence-electron chi connectivity index (χ0n) is 36.1. The predicted octanol–water partition coefficient (Wildman–Crippen LogP) is -0.856. The molecule has 18 heteroatoms. The van der Waals surface area contributed by atoms with E-state index >= 15 is 0 Å². The van der Waals surface area contributed by atoms with Gasteiger partial charge in [-0.15, -0.1) is 0 Å². The summed E-state index contributed by atoms with van der Waals surface area (Å²) in [6, 6.07) is 0. The van der Waals surface area contributed by atoms with Gasteiger partial charge in [-0.05, 0) is 91.8 Å². The molecule has 26 atom stereocenters. The molecule has 0 radical (unpaired) electrons. The Kier molecular flexibility index (Phi) is 12.9. The molecule has 18 nitrogen and oxygen atoms in total. The van der Waals surface area contributed by atoms with Gasteiger partial charge in [0, 0.05) is 12.3 Å². The average Bonchev–Trinajstić information content (AvgIpc) is 3.70. The third kappa shape index (κ3) is 7.48. The summed E-state index contributed by atoms with van der Waals surface area (Å²) in [5.74, 6) is 2.46. The van der Waals surface area contributed by atoms with Gasteiger partial charge in [0.25, 0.3) is 0 Å². The fourth-order valence-electron chi connectivity index (χ4n) is 13.8. The van der Waals surface area contributed by atoms with E-state index in [1.54, 1.807) is 0 Å². The number of allylic oxidation sites excluding steroid dienone is 1. The van der Waals surface area contributed by atoms with Crippen LogP contribution in [0, 0.1) is 46.3 Å². The van der Waals surface area contributed by atoms with E-state index in [9.17, 15) is 51.1 Å². The third-order valence-corrected chi connectivity index (χ3v) is 17.4. The molecule has 7 unspecified atom stereocenters. The Balaban J connectivity index is 0.917. The maximum Gasteiger partial charge on any atom is 0.189 e. The van der Waals surface area contributed by atoms with Gasteiger partial charge in [-0.2, -0.15) is 0 Å². The van der Waals surface area contributed by atoms with Gasteiger partial charge in [0.2, 0.25) is 0 Å². The molecule has 0 aromatic heterocycles. The second kappa shape index (κ2) is 17.3. The van der Waals surface area contributed by atoms with Crippen molar-refractivity contribution in [3.05, 3.63) is 11.6 Å². The quantitative estimate of drug-likeness (QED) is 0.133. The first-order chi connectivity index (χ1) is 29.4. The van der Waals surface area contributed by atoms with Crippen LogP contribution in [0.5, 0.6) is 0 Å². The van der Waals surface area contributed by atoms with Gasteiger partial charge in [0.1, 0.15) is 67.1 Å². The Hall–Kier alpha value is -0.980. The molecule has 9 aliphatic rings. The van der Waals surface area contributed by atoms with Gasteiger partial charge in [0.05, 0.1) is 32.0 Å². The molecule has 354 valence electrons. The van der Waals surface area contributed by atoms with E-state index in [-0.39, 0.29) is 16.9 Å². The monoisotopic (exact) mass is 886 g/mol. The molecule has 3 saturated carbocycles. The van der Waals surface area contributed by atoms with Crippen molar-refractivity contribution in [2.75, 3.05) is 19.8 Å². The summed E-state index contributed by atoms with van der Waals surface area (Å²) in [4.78, 5) is 0. The first-order valence-electron chi connectivity index (χ1n) is 23.0. The van der Waals surface area contributed by atoms with Crippen molar-refractivity contribution in [3.8, 4) is 0 Å². The van der Waals surface area contributed by atoms with E-state index < -0.39 is 117 Å². The lowest BCUT2D eigenvalue weighted by Crippen LogP contribution is -2.67. The molecular formula is C44H70O18. The molecule has 8 fully saturated rings. The van der Waals surface area contributed by atoms with Crippen LogP contribution in [0.2, 0.25) is 0 Å². The molecule has 9 rings (SSSR count). The molecule has 0 aromatic carbocycles. The SMILES string of the molecule is C[C@@H]1CC[C@@]2(OC1)O[C@H]1C[C@H]3[C@@H]4CC=C5CC(O[C@@H]6OC(CO)[C@@H](O[C@@H]7OC(CO)[C@@H](O)C(O)[C@@H]7O)C(O)[C@@H]6O[C@@H]6OC(O)[C@H](O)C(O)[C@@H]6O)CC[C@]5(C)[C@H]4CC[C@]3(C)[C@H]1[C@@H]2C. The van der Waals surface area contributed by atoms with Crippen LogP contribution in [0.4, 0.5) is 0 Å². The van der Waals surface area contributed by atoms with Gasteiger partial charge in [0.15, 0.2) is 30.9 Å². The lowest BCUT2D eigenvalue weighted by atomic mass is 9.47. The van der Waals surface area contributed by atoms with Crippen LogP contribution < -0.4 is 0 Å². The minimum absolute atomic E-state index is 0.0634. The Morgan fingerprint density at radius 1 is 0.677 bits per heavy atom. The maximum atomic E-state index is 11.9. The maximum absolute atomic E-state index is 11.9. The summed E-state index contributed by atoms with van der Waals surface area (Å²) in [5, 5.41) is 105. The second-order valence-electron chi connectivity index (χ2n) is 20.8. The van der Waals surface area contributed by atoms with E-state index in [2.05, 4.69) is 33.8 Å². The number of aliphatic hydroxyl groups is 10. The van der Waals surface area contributed by atoms with Crippen LogP contribution in [-0.2, 0) is 37.9 Å². The average molecular weight is 887 g/mol. The highest BCUT2D eigenvalue weighted by Crippen LogP contribution is 2.70. The van der Waals surface area contributed by atoms with Gasteiger partial charge in [-0.25, -0.2) is 0 Å². The zero-order chi connectivity index (χ0) is 44.2. The summed E-state index contributed by atoms with van der Waals surface area (Å²) in [7, 11) is 0. The van der Waals surface area contributed by atoms with Gasteiger partial charge in [-0.3, -0.25) is 0 Å². The van der Waals surface area contributed by atoms with Gasteiger partial charge < -0.3 is 89.0 Å². The minimum atomic E-state index is -1.97. The summed E-state index contributed by atoms with van der Waals surface area (Å²) in [6.45, 7) is 8.81. The number of ether oxygens (including phenoxy) is 8. The molecular weight excluding hydrogens is 816 g/mol. The number of fused-ring (bicyclic) bond motifs is 7. The fourth-order valence-corrected chi connectivity index (χ4v) is 13.8. The van der Waals surface area contributed by atoms with Crippen molar-refractivity contribution in [3.63, 3.8) is 0 Å². The van der Waals surface area contributed by atoms with Crippen molar-refractivity contribution in [1.29, 1.82) is 0 Å². The van der Waals surface area contributed by atoms with Crippen LogP contribution in [0.25, 0.3) is 0 Å². The van der Waals surface area contributed by atoms with Crippen LogP contribution in [0.3, 0.4) is 0 Å². The van der Waals surface area contributed by atoms with E-state index in [0.717, 1.165) is 51.6 Å². The Bertz CT molecular complexity index is 1610. The Labute approximate surface area is 362 Å². The smallest absolute Gasteiger partial charge is 0.189 e. The zero-order valence-corrected chi connectivity index (χ0v) is 36.1. The third-order valence-electron chi connectivity index (χ3n) is 17.4. The summed E-state index contributed by atoms with van der Waals surface area (Å²) in [5.41, 5.74) is 1.41. The van der Waals surface area contributed by atoms with Crippen LogP contribution in [-0.4, -0.2) is 181 Å². The molecule has 0 bridgehead atoms. The van der Waals surface area contributed by atoms with E-state index in [0.29, 0.717) is 48.3 Å². The van der Waals surface area contributed by atoms with Crippen LogP contribution >= 0.6 is 0 Å². The highest BCUT2D eigenvalue weighted by Gasteiger charge is 2.69. The molecule has 5 heterocycles. The van der Waals surface area contributed by atoms with Gasteiger partial charge in [-0.1, -0.05) is 39.3 Å². The van der Waals surface area contributed by atoms with Crippen LogP contribution in [0.15, 0.2) is 11.6 Å². The lowest BCUT2D eigenvalue weighted by Gasteiger charge is -2.58. The minimum Gasteiger partial charge on any atom is -0.394 e. The summed E-state index contributed by atoms with van der Waals surface area (Å²) < 4.78 is 49.1. The lowest BCUT2D eigenvalue weighted by molar-refractivity contribution is -0.400. The predicted molar refractivity (Wildman–Crippen MR) is 211 cm³/mol. The standard InChI is InChI=1S/C44H70O18/c1-18-7-12-44(55-17-18)19(2)28-25(62-44)14-24-22-6-5-20-13-21(8-10-42(20,3)23(22)9-11-43(24,28)4)56-41-37(60-40-34(52)31(49)32(50)38(54)61-40)35(53)36(27(16-46)58-41)59-39-33(51)30(48)29(47)26(15-45)57-39/h5,18-19,21-41,45-54H,6-17H2,1-4H3/t18-,19+,21?,22-,23+,24+,25+,26?,27?,28+,29-,30?,31?,32-,33+,34+,35?,36-,37+,38?,39+,40-,41-,42+,43+,44-/m1/s1. The summed E-state index contributed by atoms with van der Waals surface area (Å²) in [6.07, 6.45) is -15.0. The number of hydrogen-bond acceptors (Lipinski definition) is 18. The molecule has 62 heavy (non-hydrogen) atoms. The molecule has 0 amide bonds. The Morgan fingerprint density at radius 2 is 1.35 bits per heavy atom. The topological polar surface area (TPSA) is 276 Å². The van der Waals surface area contributed by atoms with Crippen molar-refractivity contribution >= 4 is 0 Å². The molecule has 0 aromatic rings. The number of rotatable bonds is 8. The second-order valence-corrected chi connectivity index (χ2v) is 20.8.